The van der Waals surface area contributed by atoms with Crippen LogP contribution in [0.4, 0.5) is 0 Å². The number of benzene rings is 2. The summed E-state index contributed by atoms with van der Waals surface area (Å²) in [6.45, 7) is 11.2. The maximum Gasteiger partial charge on any atom is 0.308 e. The maximum absolute atomic E-state index is 11.9. The first-order valence-corrected chi connectivity index (χ1v) is 10.4. The van der Waals surface area contributed by atoms with E-state index in [1.165, 1.54) is 13.8 Å². The van der Waals surface area contributed by atoms with Gasteiger partial charge in [-0.25, -0.2) is 0 Å². The minimum atomic E-state index is -0.399. The van der Waals surface area contributed by atoms with Gasteiger partial charge in [-0.05, 0) is 54.5 Å². The molecule has 0 bridgehead atoms. The molecule has 0 heterocycles. The van der Waals surface area contributed by atoms with E-state index in [0.29, 0.717) is 17.1 Å². The quantitative estimate of drug-likeness (QED) is 0.296. The molecule has 0 aliphatic carbocycles. The molecule has 0 amide bonds. The molecule has 0 aliphatic rings. The fourth-order valence-electron chi connectivity index (χ4n) is 3.49. The van der Waals surface area contributed by atoms with Gasteiger partial charge in [-0.1, -0.05) is 57.4 Å². The van der Waals surface area contributed by atoms with Crippen molar-refractivity contribution in [3.8, 4) is 22.6 Å². The van der Waals surface area contributed by atoms with Crippen LogP contribution in [0.5, 0.6) is 11.5 Å². The summed E-state index contributed by atoms with van der Waals surface area (Å²) < 4.78 is 11.2. The molecule has 0 spiro atoms. The molecule has 2 aromatic rings. The highest BCUT2D eigenvalue weighted by Gasteiger charge is 2.22. The number of hydrogen-bond acceptors (Lipinski definition) is 4. The van der Waals surface area contributed by atoms with E-state index in [1.54, 1.807) is 0 Å². The number of unbranched alkanes of at least 4 members (excludes halogenated alkanes) is 2. The van der Waals surface area contributed by atoms with E-state index in [0.717, 1.165) is 47.9 Å². The van der Waals surface area contributed by atoms with E-state index < -0.39 is 11.9 Å². The second kappa shape index (κ2) is 10.2. The fraction of sp³-hybridized carbons (Fsp3) is 0.440. The molecule has 0 fully saturated rings. The largest absolute Gasteiger partial charge is 0.426 e. The van der Waals surface area contributed by atoms with Crippen molar-refractivity contribution in [3.05, 3.63) is 47.0 Å². The van der Waals surface area contributed by atoms with Crippen molar-refractivity contribution in [3.63, 3.8) is 0 Å². The van der Waals surface area contributed by atoms with E-state index in [4.69, 9.17) is 9.47 Å². The minimum Gasteiger partial charge on any atom is -0.426 e. The fourth-order valence-corrected chi connectivity index (χ4v) is 3.49. The van der Waals surface area contributed by atoms with E-state index in [9.17, 15) is 9.59 Å². The van der Waals surface area contributed by atoms with Gasteiger partial charge >= 0.3 is 11.9 Å². The third kappa shape index (κ3) is 6.18. The Morgan fingerprint density at radius 3 is 2.00 bits per heavy atom. The Morgan fingerprint density at radius 2 is 1.52 bits per heavy atom. The van der Waals surface area contributed by atoms with Gasteiger partial charge in [0, 0.05) is 13.8 Å². The van der Waals surface area contributed by atoms with Crippen molar-refractivity contribution >= 4 is 11.9 Å². The summed E-state index contributed by atoms with van der Waals surface area (Å²) in [5.74, 6) is 0.338. The van der Waals surface area contributed by atoms with Gasteiger partial charge in [0.25, 0.3) is 0 Å². The number of rotatable bonds is 8. The summed E-state index contributed by atoms with van der Waals surface area (Å²) in [5, 5.41) is 0. The predicted octanol–water partition coefficient (Wildman–Crippen LogP) is 6.37. The highest BCUT2D eigenvalue weighted by atomic mass is 16.5. The molecule has 0 saturated carbocycles. The number of carbonyl (C=O) groups is 2. The molecule has 0 N–H and O–H groups in total. The Morgan fingerprint density at radius 1 is 0.931 bits per heavy atom. The van der Waals surface area contributed by atoms with Crippen LogP contribution in [0.2, 0.25) is 0 Å². The highest BCUT2D eigenvalue weighted by molar-refractivity contribution is 5.85. The van der Waals surface area contributed by atoms with Gasteiger partial charge in [0.15, 0.2) is 0 Å². The lowest BCUT2D eigenvalue weighted by molar-refractivity contribution is -0.132. The van der Waals surface area contributed by atoms with Gasteiger partial charge in [0.1, 0.15) is 11.5 Å². The van der Waals surface area contributed by atoms with Gasteiger partial charge in [0.05, 0.1) is 5.56 Å². The zero-order valence-corrected chi connectivity index (χ0v) is 18.4. The molecular formula is C25H32O4. The maximum atomic E-state index is 11.9. The van der Waals surface area contributed by atoms with Crippen LogP contribution in [0, 0.1) is 6.92 Å². The van der Waals surface area contributed by atoms with Crippen LogP contribution in [0.15, 0.2) is 30.3 Å². The van der Waals surface area contributed by atoms with Crippen molar-refractivity contribution in [2.24, 2.45) is 0 Å². The number of esters is 2. The SMILES string of the molecule is CCCCCc1cc(OC(C)=O)c(-c2cc(C)ccc2C(C)C)c(OC(C)=O)c1. The van der Waals surface area contributed by atoms with Gasteiger partial charge in [0.2, 0.25) is 0 Å². The van der Waals surface area contributed by atoms with Crippen LogP contribution in [0.25, 0.3) is 11.1 Å². The van der Waals surface area contributed by atoms with Gasteiger partial charge in [-0.15, -0.1) is 0 Å². The summed E-state index contributed by atoms with van der Waals surface area (Å²) in [5.41, 5.74) is 4.76. The molecule has 0 aromatic heterocycles. The number of carbonyl (C=O) groups excluding carboxylic acids is 2. The molecule has 0 saturated heterocycles. The van der Waals surface area contributed by atoms with Crippen LogP contribution in [0.1, 0.15) is 76.5 Å². The van der Waals surface area contributed by atoms with E-state index in [1.807, 2.05) is 19.1 Å². The number of ether oxygens (including phenoxy) is 2. The lowest BCUT2D eigenvalue weighted by Gasteiger charge is -2.20. The highest BCUT2D eigenvalue weighted by Crippen LogP contribution is 2.44. The van der Waals surface area contributed by atoms with Crippen molar-refractivity contribution in [1.82, 2.24) is 0 Å². The average Bonchev–Trinajstić information content (AvgIpc) is 2.60. The van der Waals surface area contributed by atoms with Crippen LogP contribution in [-0.2, 0) is 16.0 Å². The third-order valence-corrected chi connectivity index (χ3v) is 4.80. The van der Waals surface area contributed by atoms with Crippen molar-refractivity contribution in [1.29, 1.82) is 0 Å². The zero-order chi connectivity index (χ0) is 21.6. The number of hydrogen-bond donors (Lipinski definition) is 0. The summed E-state index contributed by atoms with van der Waals surface area (Å²) in [6.07, 6.45) is 4.09. The lowest BCUT2D eigenvalue weighted by atomic mass is 9.89. The monoisotopic (exact) mass is 396 g/mol. The summed E-state index contributed by atoms with van der Waals surface area (Å²) in [6, 6.07) is 10.0. The first kappa shape index (κ1) is 22.7. The third-order valence-electron chi connectivity index (χ3n) is 4.80. The average molecular weight is 397 g/mol. The molecule has 4 heteroatoms. The first-order valence-electron chi connectivity index (χ1n) is 10.4. The van der Waals surface area contributed by atoms with Crippen molar-refractivity contribution < 1.29 is 19.1 Å². The molecule has 0 atom stereocenters. The van der Waals surface area contributed by atoms with E-state index >= 15 is 0 Å². The Labute approximate surface area is 174 Å². The molecule has 156 valence electrons. The van der Waals surface area contributed by atoms with E-state index in [-0.39, 0.29) is 5.92 Å². The summed E-state index contributed by atoms with van der Waals surface area (Å²) >= 11 is 0. The first-order chi connectivity index (χ1) is 13.7. The molecule has 0 radical (unpaired) electrons. The second-order valence-corrected chi connectivity index (χ2v) is 7.86. The Kier molecular flexibility index (Phi) is 8.00. The van der Waals surface area contributed by atoms with Crippen LogP contribution in [0.3, 0.4) is 0 Å². The summed E-state index contributed by atoms with van der Waals surface area (Å²) in [7, 11) is 0. The lowest BCUT2D eigenvalue weighted by Crippen LogP contribution is -2.09. The molecule has 0 aliphatic heterocycles. The smallest absolute Gasteiger partial charge is 0.308 e. The van der Waals surface area contributed by atoms with Crippen LogP contribution >= 0.6 is 0 Å². The molecule has 2 aromatic carbocycles. The van der Waals surface area contributed by atoms with Gasteiger partial charge in [-0.3, -0.25) is 9.59 Å². The topological polar surface area (TPSA) is 52.6 Å². The standard InChI is InChI=1S/C25H32O4/c1-7-8-9-10-20-14-23(28-18(5)26)25(24(15-20)29-19(6)27)22-13-17(4)11-12-21(22)16(2)3/h11-16H,7-10H2,1-6H3. The Hall–Kier alpha value is -2.62. The summed E-state index contributed by atoms with van der Waals surface area (Å²) in [4.78, 5) is 23.7. The normalized spacial score (nSPS) is 10.9. The van der Waals surface area contributed by atoms with Gasteiger partial charge in [-0.2, -0.15) is 0 Å². The molecule has 29 heavy (non-hydrogen) atoms. The Bertz CT molecular complexity index is 843. The molecular weight excluding hydrogens is 364 g/mol. The molecule has 4 nitrogen and oxygen atoms in total. The van der Waals surface area contributed by atoms with Crippen LogP contribution in [-0.4, -0.2) is 11.9 Å². The zero-order valence-electron chi connectivity index (χ0n) is 18.4. The molecule has 2 rings (SSSR count). The number of aryl methyl sites for hydroxylation is 2. The van der Waals surface area contributed by atoms with Crippen LogP contribution < -0.4 is 9.47 Å². The van der Waals surface area contributed by atoms with Gasteiger partial charge < -0.3 is 9.47 Å². The van der Waals surface area contributed by atoms with E-state index in [2.05, 4.69) is 39.0 Å². The predicted molar refractivity (Wildman–Crippen MR) is 117 cm³/mol. The molecule has 0 unspecified atom stereocenters. The van der Waals surface area contributed by atoms with Crippen molar-refractivity contribution in [2.75, 3.05) is 0 Å². The Balaban J connectivity index is 2.75. The van der Waals surface area contributed by atoms with Crippen molar-refractivity contribution in [2.45, 2.75) is 73.1 Å². The second-order valence-electron chi connectivity index (χ2n) is 7.86. The minimum absolute atomic E-state index is 0.255.